The topological polar surface area (TPSA) is 64.4 Å². The number of hydrogen-bond acceptors (Lipinski definition) is 4. The van der Waals surface area contributed by atoms with Gasteiger partial charge in [-0.3, -0.25) is 0 Å². The Bertz CT molecular complexity index is 378. The molecule has 0 aliphatic carbocycles. The molecule has 0 N–H and O–H groups in total. The fraction of sp³-hybridized carbons (Fsp3) is 0.909. The van der Waals surface area contributed by atoms with Gasteiger partial charge < -0.3 is 4.90 Å². The summed E-state index contributed by atoms with van der Waals surface area (Å²) in [4.78, 5) is 2.13. The van der Waals surface area contributed by atoms with Crippen molar-refractivity contribution in [1.29, 1.82) is 5.26 Å². The summed E-state index contributed by atoms with van der Waals surface area (Å²) in [7, 11) is 0.606. The molecule has 6 heteroatoms. The van der Waals surface area contributed by atoms with Crippen LogP contribution in [-0.4, -0.2) is 56.1 Å². The second-order valence-corrected chi connectivity index (χ2v) is 6.78. The molecule has 0 aromatic carbocycles. The Morgan fingerprint density at radius 3 is 2.29 bits per heavy atom. The van der Waals surface area contributed by atoms with E-state index in [2.05, 4.69) is 4.90 Å². The van der Waals surface area contributed by atoms with Crippen molar-refractivity contribution in [2.24, 2.45) is 0 Å². The van der Waals surface area contributed by atoms with Crippen molar-refractivity contribution >= 4 is 10.0 Å². The average molecular weight is 259 g/mol. The molecule has 5 nitrogen and oxygen atoms in total. The van der Waals surface area contributed by atoms with Crippen LogP contribution in [-0.2, 0) is 10.0 Å². The summed E-state index contributed by atoms with van der Waals surface area (Å²) in [5.74, 6) is 0. The van der Waals surface area contributed by atoms with Gasteiger partial charge in [0.25, 0.3) is 0 Å². The van der Waals surface area contributed by atoms with Crippen LogP contribution < -0.4 is 0 Å². The maximum Gasteiger partial charge on any atom is 0.230 e. The van der Waals surface area contributed by atoms with Crippen molar-refractivity contribution in [3.63, 3.8) is 0 Å². The van der Waals surface area contributed by atoms with Gasteiger partial charge in [0.1, 0.15) is 0 Å². The molecule has 98 valence electrons. The third-order valence-corrected chi connectivity index (χ3v) is 5.63. The van der Waals surface area contributed by atoms with Crippen LogP contribution in [0.25, 0.3) is 0 Å². The van der Waals surface area contributed by atoms with Crippen molar-refractivity contribution in [3.8, 4) is 6.07 Å². The van der Waals surface area contributed by atoms with E-state index >= 15 is 0 Å². The first-order valence-corrected chi connectivity index (χ1v) is 7.48. The normalized spacial score (nSPS) is 21.4. The lowest BCUT2D eigenvalue weighted by Crippen LogP contribution is -2.47. The van der Waals surface area contributed by atoms with Gasteiger partial charge in [0.05, 0.1) is 6.07 Å². The van der Waals surface area contributed by atoms with Crippen LogP contribution in [0.15, 0.2) is 0 Å². The first-order valence-electron chi connectivity index (χ1n) is 5.98. The Labute approximate surface area is 104 Å². The summed E-state index contributed by atoms with van der Waals surface area (Å²) >= 11 is 0. The molecule has 1 unspecified atom stereocenters. The predicted molar refractivity (Wildman–Crippen MR) is 66.9 cm³/mol. The molecule has 1 heterocycles. The molecule has 0 radical (unpaired) electrons. The largest absolute Gasteiger partial charge is 0.306 e. The lowest BCUT2D eigenvalue weighted by Gasteiger charge is -2.35. The zero-order chi connectivity index (χ0) is 13.1. The van der Waals surface area contributed by atoms with E-state index in [0.717, 1.165) is 12.8 Å². The Balaban J connectivity index is 2.69. The number of sulfonamides is 1. The lowest BCUT2D eigenvalue weighted by molar-refractivity contribution is 0.196. The molecule has 0 saturated carbocycles. The molecular weight excluding hydrogens is 238 g/mol. The molecule has 1 atom stereocenters. The molecule has 17 heavy (non-hydrogen) atoms. The van der Waals surface area contributed by atoms with Gasteiger partial charge in [0.15, 0.2) is 5.25 Å². The van der Waals surface area contributed by atoms with Crippen molar-refractivity contribution < 1.29 is 8.42 Å². The molecule has 1 fully saturated rings. The zero-order valence-electron chi connectivity index (χ0n) is 10.8. The van der Waals surface area contributed by atoms with E-state index in [4.69, 9.17) is 5.26 Å². The van der Waals surface area contributed by atoms with Gasteiger partial charge in [-0.2, -0.15) is 5.26 Å². The first-order chi connectivity index (χ1) is 7.93. The molecule has 1 rings (SSSR count). The molecular formula is C11H21N3O2S. The van der Waals surface area contributed by atoms with E-state index in [1.807, 2.05) is 20.2 Å². The van der Waals surface area contributed by atoms with Gasteiger partial charge in [-0.25, -0.2) is 12.7 Å². The molecule has 1 aliphatic heterocycles. The first kappa shape index (κ1) is 14.4. The van der Waals surface area contributed by atoms with Crippen LogP contribution in [0.2, 0.25) is 0 Å². The molecule has 0 aromatic heterocycles. The van der Waals surface area contributed by atoms with Crippen molar-refractivity contribution in [2.75, 3.05) is 27.2 Å². The minimum atomic E-state index is -3.42. The number of nitriles is 1. The maximum absolute atomic E-state index is 12.1. The van der Waals surface area contributed by atoms with Crippen molar-refractivity contribution in [1.82, 2.24) is 9.21 Å². The lowest BCUT2D eigenvalue weighted by atomic mass is 10.1. The van der Waals surface area contributed by atoms with Gasteiger partial charge in [-0.15, -0.1) is 0 Å². The summed E-state index contributed by atoms with van der Waals surface area (Å²) < 4.78 is 25.7. The van der Waals surface area contributed by atoms with Crippen LogP contribution in [0.3, 0.4) is 0 Å². The Hall–Kier alpha value is -0.640. The summed E-state index contributed by atoms with van der Waals surface area (Å²) in [6, 6.07) is 2.33. The van der Waals surface area contributed by atoms with Crippen molar-refractivity contribution in [2.45, 2.75) is 37.5 Å². The van der Waals surface area contributed by atoms with E-state index in [9.17, 15) is 8.42 Å². The van der Waals surface area contributed by atoms with Crippen LogP contribution in [0, 0.1) is 11.3 Å². The molecule has 1 aliphatic rings. The summed E-state index contributed by atoms with van der Waals surface area (Å²) in [5, 5.41) is 7.98. The quantitative estimate of drug-likeness (QED) is 0.743. The van der Waals surface area contributed by atoms with Crippen LogP contribution in [0.4, 0.5) is 0 Å². The fourth-order valence-corrected chi connectivity index (χ4v) is 3.80. The van der Waals surface area contributed by atoms with Crippen LogP contribution >= 0.6 is 0 Å². The van der Waals surface area contributed by atoms with E-state index in [1.54, 1.807) is 6.92 Å². The zero-order valence-corrected chi connectivity index (χ0v) is 11.6. The monoisotopic (exact) mass is 259 g/mol. The minimum absolute atomic E-state index is 0.354. The third-order valence-electron chi connectivity index (χ3n) is 3.39. The van der Waals surface area contributed by atoms with E-state index in [1.165, 1.54) is 4.31 Å². The highest BCUT2D eigenvalue weighted by Gasteiger charge is 2.34. The molecule has 0 bridgehead atoms. The molecule has 1 saturated heterocycles. The third kappa shape index (κ3) is 3.18. The number of rotatable bonds is 4. The van der Waals surface area contributed by atoms with Crippen LogP contribution in [0.1, 0.15) is 26.2 Å². The van der Waals surface area contributed by atoms with Gasteiger partial charge >= 0.3 is 0 Å². The fourth-order valence-electron chi connectivity index (χ4n) is 2.16. The Morgan fingerprint density at radius 1 is 1.41 bits per heavy atom. The van der Waals surface area contributed by atoms with Gasteiger partial charge in [-0.1, -0.05) is 6.92 Å². The Morgan fingerprint density at radius 2 is 1.94 bits per heavy atom. The summed E-state index contributed by atoms with van der Waals surface area (Å²) in [6.07, 6.45) is 2.04. The van der Waals surface area contributed by atoms with Gasteiger partial charge in [0, 0.05) is 19.1 Å². The van der Waals surface area contributed by atoms with Gasteiger partial charge in [-0.05, 0) is 33.4 Å². The Kier molecular flexibility index (Phi) is 4.92. The number of piperidine rings is 1. The van der Waals surface area contributed by atoms with E-state index in [-0.39, 0.29) is 0 Å². The van der Waals surface area contributed by atoms with Crippen LogP contribution in [0.5, 0.6) is 0 Å². The predicted octanol–water partition coefficient (Wildman–Crippen LogP) is 0.644. The molecule has 0 aromatic rings. The second kappa shape index (κ2) is 5.80. The van der Waals surface area contributed by atoms with E-state index in [0.29, 0.717) is 25.6 Å². The molecule has 0 amide bonds. The highest BCUT2D eigenvalue weighted by atomic mass is 32.2. The summed E-state index contributed by atoms with van der Waals surface area (Å²) in [5.41, 5.74) is 0. The average Bonchev–Trinajstić information content (AvgIpc) is 2.30. The minimum Gasteiger partial charge on any atom is -0.306 e. The number of hydrogen-bond donors (Lipinski definition) is 0. The smallest absolute Gasteiger partial charge is 0.230 e. The standard InChI is InChI=1S/C11H21N3O2S/c1-4-11(9-12)17(15,16)14-7-5-10(6-8-14)13(2)3/h10-11H,4-8H2,1-3H3. The SMILES string of the molecule is CCC(C#N)S(=O)(=O)N1CCC(N(C)C)CC1. The van der Waals surface area contributed by atoms with E-state index < -0.39 is 15.3 Å². The maximum atomic E-state index is 12.1. The van der Waals surface area contributed by atoms with Crippen molar-refractivity contribution in [3.05, 3.63) is 0 Å². The summed E-state index contributed by atoms with van der Waals surface area (Å²) in [6.45, 7) is 2.80. The van der Waals surface area contributed by atoms with Gasteiger partial charge in [0.2, 0.25) is 10.0 Å². The highest BCUT2D eigenvalue weighted by molar-refractivity contribution is 7.90. The highest BCUT2D eigenvalue weighted by Crippen LogP contribution is 2.20. The number of nitrogens with zero attached hydrogens (tertiary/aromatic N) is 3. The molecule has 0 spiro atoms. The second-order valence-electron chi connectivity index (χ2n) is 4.66.